The molecule has 0 aromatic carbocycles. The van der Waals surface area contributed by atoms with Crippen LogP contribution in [0.25, 0.3) is 0 Å². The number of nitrogens with one attached hydrogen (secondary N) is 3. The minimum absolute atomic E-state index is 0.329. The minimum Gasteiger partial charge on any atom is -0.377 e. The summed E-state index contributed by atoms with van der Waals surface area (Å²) in [4.78, 5) is 4.22. The molecule has 1 aromatic rings. The van der Waals surface area contributed by atoms with E-state index in [4.69, 9.17) is 4.74 Å². The fourth-order valence-electron chi connectivity index (χ4n) is 3.74. The minimum atomic E-state index is 0.329. The van der Waals surface area contributed by atoms with E-state index in [9.17, 15) is 0 Å². The third-order valence-corrected chi connectivity index (χ3v) is 5.19. The summed E-state index contributed by atoms with van der Waals surface area (Å²) in [6.45, 7) is 6.04. The molecular formula is C18H30N4O. The SMILES string of the molecule is CC1CCCCC1OCCNCC1CNNC1c1cccnc1. The third kappa shape index (κ3) is 4.73. The van der Waals surface area contributed by atoms with Crippen LogP contribution in [0.4, 0.5) is 0 Å². The van der Waals surface area contributed by atoms with Crippen LogP contribution >= 0.6 is 0 Å². The molecule has 0 amide bonds. The van der Waals surface area contributed by atoms with Crippen molar-refractivity contribution >= 4 is 0 Å². The first kappa shape index (κ1) is 16.8. The summed E-state index contributed by atoms with van der Waals surface area (Å²) in [6, 6.07) is 4.47. The van der Waals surface area contributed by atoms with Crippen molar-refractivity contribution in [1.29, 1.82) is 0 Å². The number of nitrogens with zero attached hydrogens (tertiary/aromatic N) is 1. The predicted molar refractivity (Wildman–Crippen MR) is 91.8 cm³/mol. The zero-order valence-electron chi connectivity index (χ0n) is 14.1. The second kappa shape index (κ2) is 8.73. The Hall–Kier alpha value is -1.01. The van der Waals surface area contributed by atoms with Crippen molar-refractivity contribution in [3.63, 3.8) is 0 Å². The maximum atomic E-state index is 6.07. The van der Waals surface area contributed by atoms with Gasteiger partial charge in [-0.1, -0.05) is 25.8 Å². The van der Waals surface area contributed by atoms with E-state index in [2.05, 4.69) is 34.1 Å². The summed E-state index contributed by atoms with van der Waals surface area (Å²) in [5, 5.41) is 3.56. The van der Waals surface area contributed by atoms with E-state index < -0.39 is 0 Å². The standard InChI is InChI=1S/C18H30N4O/c1-14-5-2-3-7-17(14)23-10-9-20-12-16-13-21-22-18(16)15-6-4-8-19-11-15/h4,6,8,11,14,16-18,20-22H,2-3,5,7,9-10,12-13H2,1H3. The molecule has 23 heavy (non-hydrogen) atoms. The molecule has 1 saturated carbocycles. The molecule has 0 radical (unpaired) electrons. The number of hydrogen-bond acceptors (Lipinski definition) is 5. The van der Waals surface area contributed by atoms with Gasteiger partial charge < -0.3 is 10.1 Å². The molecule has 3 rings (SSSR count). The van der Waals surface area contributed by atoms with Crippen molar-refractivity contribution in [1.82, 2.24) is 21.2 Å². The van der Waals surface area contributed by atoms with Crippen LogP contribution in [0.15, 0.2) is 24.5 Å². The van der Waals surface area contributed by atoms with Crippen LogP contribution in [0.5, 0.6) is 0 Å². The number of pyridine rings is 1. The molecule has 1 aromatic heterocycles. The van der Waals surface area contributed by atoms with Crippen LogP contribution in [0.3, 0.4) is 0 Å². The molecule has 1 saturated heterocycles. The number of rotatable bonds is 7. The highest BCUT2D eigenvalue weighted by atomic mass is 16.5. The molecule has 5 heteroatoms. The normalized spacial score (nSPS) is 31.3. The first-order chi connectivity index (χ1) is 11.3. The highest BCUT2D eigenvalue weighted by Crippen LogP contribution is 2.26. The van der Waals surface area contributed by atoms with Crippen molar-refractivity contribution in [2.45, 2.75) is 44.8 Å². The summed E-state index contributed by atoms with van der Waals surface area (Å²) >= 11 is 0. The number of hydrogen-bond donors (Lipinski definition) is 3. The summed E-state index contributed by atoms with van der Waals surface area (Å²) in [6.07, 6.45) is 9.51. The molecule has 1 aliphatic heterocycles. The van der Waals surface area contributed by atoms with E-state index >= 15 is 0 Å². The van der Waals surface area contributed by atoms with Crippen LogP contribution in [0.1, 0.15) is 44.2 Å². The molecule has 4 atom stereocenters. The Kier molecular flexibility index (Phi) is 6.39. The monoisotopic (exact) mass is 318 g/mol. The van der Waals surface area contributed by atoms with Gasteiger partial charge >= 0.3 is 0 Å². The van der Waals surface area contributed by atoms with Crippen molar-refractivity contribution < 1.29 is 4.74 Å². The number of hydrazine groups is 1. The molecule has 0 spiro atoms. The molecular weight excluding hydrogens is 288 g/mol. The Morgan fingerprint density at radius 1 is 1.35 bits per heavy atom. The van der Waals surface area contributed by atoms with Crippen molar-refractivity contribution in [2.24, 2.45) is 11.8 Å². The van der Waals surface area contributed by atoms with Crippen molar-refractivity contribution in [3.8, 4) is 0 Å². The smallest absolute Gasteiger partial charge is 0.0601 e. The Labute approximate surface area is 139 Å². The summed E-state index contributed by atoms with van der Waals surface area (Å²) < 4.78 is 6.07. The maximum Gasteiger partial charge on any atom is 0.0601 e. The first-order valence-corrected chi connectivity index (χ1v) is 9.05. The topological polar surface area (TPSA) is 58.2 Å². The lowest BCUT2D eigenvalue weighted by Gasteiger charge is -2.28. The van der Waals surface area contributed by atoms with Gasteiger partial charge in [0.1, 0.15) is 0 Å². The highest BCUT2D eigenvalue weighted by molar-refractivity contribution is 5.16. The second-order valence-electron chi connectivity index (χ2n) is 6.92. The molecule has 4 unspecified atom stereocenters. The van der Waals surface area contributed by atoms with Crippen LogP contribution in [-0.4, -0.2) is 37.3 Å². The van der Waals surface area contributed by atoms with E-state index in [-0.39, 0.29) is 0 Å². The molecule has 2 aliphatic rings. The van der Waals surface area contributed by atoms with Gasteiger partial charge in [0.15, 0.2) is 0 Å². The van der Waals surface area contributed by atoms with Crippen LogP contribution < -0.4 is 16.2 Å². The van der Waals surface area contributed by atoms with Gasteiger partial charge in [0.2, 0.25) is 0 Å². The van der Waals surface area contributed by atoms with Gasteiger partial charge in [-0.25, -0.2) is 5.43 Å². The number of ether oxygens (including phenoxy) is 1. The lowest BCUT2D eigenvalue weighted by molar-refractivity contribution is -0.00332. The average molecular weight is 318 g/mol. The lowest BCUT2D eigenvalue weighted by Crippen LogP contribution is -2.33. The molecule has 0 bridgehead atoms. The van der Waals surface area contributed by atoms with E-state index in [0.717, 1.165) is 32.2 Å². The van der Waals surface area contributed by atoms with Gasteiger partial charge in [0.25, 0.3) is 0 Å². The fourth-order valence-corrected chi connectivity index (χ4v) is 3.74. The highest BCUT2D eigenvalue weighted by Gasteiger charge is 2.28. The Morgan fingerprint density at radius 2 is 2.26 bits per heavy atom. The van der Waals surface area contributed by atoms with Gasteiger partial charge in [-0.2, -0.15) is 0 Å². The summed E-state index contributed by atoms with van der Waals surface area (Å²) in [5.41, 5.74) is 7.88. The van der Waals surface area contributed by atoms with Crippen LogP contribution in [-0.2, 0) is 4.74 Å². The maximum absolute atomic E-state index is 6.07. The Balaban J connectivity index is 1.35. The van der Waals surface area contributed by atoms with Crippen molar-refractivity contribution in [2.75, 3.05) is 26.2 Å². The van der Waals surface area contributed by atoms with E-state index in [0.29, 0.717) is 18.1 Å². The van der Waals surface area contributed by atoms with E-state index in [1.807, 2.05) is 18.5 Å². The molecule has 3 N–H and O–H groups in total. The molecule has 1 aliphatic carbocycles. The molecule has 2 fully saturated rings. The third-order valence-electron chi connectivity index (χ3n) is 5.19. The van der Waals surface area contributed by atoms with Gasteiger partial charge in [0.05, 0.1) is 18.8 Å². The quantitative estimate of drug-likeness (QED) is 0.672. The van der Waals surface area contributed by atoms with Gasteiger partial charge in [-0.15, -0.1) is 0 Å². The van der Waals surface area contributed by atoms with Crippen molar-refractivity contribution in [3.05, 3.63) is 30.1 Å². The molecule has 2 heterocycles. The lowest BCUT2D eigenvalue weighted by atomic mass is 9.88. The number of aromatic nitrogens is 1. The fraction of sp³-hybridized carbons (Fsp3) is 0.722. The zero-order chi connectivity index (χ0) is 15.9. The summed E-state index contributed by atoms with van der Waals surface area (Å²) in [5.74, 6) is 1.26. The van der Waals surface area contributed by atoms with E-state index in [1.165, 1.54) is 31.2 Å². The zero-order valence-corrected chi connectivity index (χ0v) is 14.1. The molecule has 128 valence electrons. The van der Waals surface area contributed by atoms with Crippen LogP contribution in [0.2, 0.25) is 0 Å². The predicted octanol–water partition coefficient (Wildman–Crippen LogP) is 2.03. The largest absolute Gasteiger partial charge is 0.377 e. The van der Waals surface area contributed by atoms with E-state index in [1.54, 1.807) is 0 Å². The van der Waals surface area contributed by atoms with Crippen LogP contribution in [0, 0.1) is 11.8 Å². The average Bonchev–Trinajstić information content (AvgIpc) is 3.05. The van der Waals surface area contributed by atoms with Gasteiger partial charge in [-0.05, 0) is 30.4 Å². The second-order valence-corrected chi connectivity index (χ2v) is 6.92. The summed E-state index contributed by atoms with van der Waals surface area (Å²) in [7, 11) is 0. The Bertz CT molecular complexity index is 456. The van der Waals surface area contributed by atoms with Gasteiger partial charge in [-0.3, -0.25) is 10.4 Å². The van der Waals surface area contributed by atoms with Gasteiger partial charge in [0, 0.05) is 37.9 Å². The first-order valence-electron chi connectivity index (χ1n) is 9.05. The molecule has 5 nitrogen and oxygen atoms in total. The Morgan fingerprint density at radius 3 is 3.09 bits per heavy atom.